The molecule has 0 unspecified atom stereocenters. The third-order valence-electron chi connectivity index (χ3n) is 6.58. The van der Waals surface area contributed by atoms with E-state index in [-0.39, 0.29) is 0 Å². The minimum Gasteiger partial charge on any atom is -0.434 e. The van der Waals surface area contributed by atoms with Crippen molar-refractivity contribution in [2.24, 2.45) is 0 Å². The molecule has 3 nitrogen and oxygen atoms in total. The maximum absolute atomic E-state index is 11.7. The molecule has 0 bridgehead atoms. The number of rotatable bonds is 28. The van der Waals surface area contributed by atoms with Gasteiger partial charge in [0.05, 0.1) is 13.2 Å². The molecule has 0 aliphatic heterocycles. The van der Waals surface area contributed by atoms with Crippen molar-refractivity contribution in [3.05, 3.63) is 72.9 Å². The van der Waals surface area contributed by atoms with Gasteiger partial charge in [-0.3, -0.25) is 0 Å². The Balaban J connectivity index is 3.32. The lowest BCUT2D eigenvalue weighted by atomic mass is 10.1. The summed E-state index contributed by atoms with van der Waals surface area (Å²) < 4.78 is 10.4. The number of allylic oxidation sites excluding steroid dienone is 12. The average molecular weight is 555 g/mol. The van der Waals surface area contributed by atoms with Crippen molar-refractivity contribution in [2.75, 3.05) is 13.2 Å². The largest absolute Gasteiger partial charge is 0.508 e. The lowest BCUT2D eigenvalue weighted by Gasteiger charge is -2.06. The Hall–Kier alpha value is -2.29. The molecular weight excluding hydrogens is 492 g/mol. The van der Waals surface area contributed by atoms with Gasteiger partial charge in [-0.25, -0.2) is 4.79 Å². The molecule has 0 amide bonds. The van der Waals surface area contributed by atoms with Crippen LogP contribution in [0.1, 0.15) is 142 Å². The number of carbonyl (C=O) groups excluding carboxylic acids is 1. The van der Waals surface area contributed by atoms with E-state index in [0.29, 0.717) is 13.2 Å². The maximum Gasteiger partial charge on any atom is 0.508 e. The molecule has 0 aromatic heterocycles. The smallest absolute Gasteiger partial charge is 0.434 e. The first-order valence-corrected chi connectivity index (χ1v) is 16.5. The summed E-state index contributed by atoms with van der Waals surface area (Å²) in [7, 11) is 0. The highest BCUT2D eigenvalue weighted by Crippen LogP contribution is 2.10. The molecule has 0 rings (SSSR count). The van der Waals surface area contributed by atoms with Gasteiger partial charge in [-0.15, -0.1) is 0 Å². The van der Waals surface area contributed by atoms with Crippen LogP contribution in [-0.4, -0.2) is 19.4 Å². The van der Waals surface area contributed by atoms with E-state index in [1.807, 2.05) is 0 Å². The summed E-state index contributed by atoms with van der Waals surface area (Å²) in [6.45, 7) is 5.33. The number of unbranched alkanes of at least 4 members (excludes halogenated alkanes) is 14. The standard InChI is InChI=1S/C37H62O3/c1-3-5-7-9-11-13-15-17-19-21-23-25-27-29-31-33-35-39-37(38)40-36-34-32-30-28-26-24-22-20-18-16-14-12-10-8-6-4-2/h5,7,10-14,16-20H,3-4,6,8-9,15,21-36H2,1-2H3. The van der Waals surface area contributed by atoms with Gasteiger partial charge in [0.2, 0.25) is 0 Å². The molecule has 0 saturated carbocycles. The predicted molar refractivity (Wildman–Crippen MR) is 176 cm³/mol. The highest BCUT2D eigenvalue weighted by atomic mass is 16.7. The zero-order valence-electron chi connectivity index (χ0n) is 26.2. The Morgan fingerprint density at radius 3 is 1.40 bits per heavy atom. The SMILES string of the molecule is CCC=CCC=CCC=CCCCCCCCCOC(=O)OCCCCCCCCC=CC=CC=CCCCC. The fourth-order valence-corrected chi connectivity index (χ4v) is 4.12. The van der Waals surface area contributed by atoms with Crippen LogP contribution in [-0.2, 0) is 9.47 Å². The van der Waals surface area contributed by atoms with Gasteiger partial charge in [0.25, 0.3) is 0 Å². The molecule has 0 aliphatic rings. The van der Waals surface area contributed by atoms with Gasteiger partial charge in [-0.1, -0.05) is 151 Å². The molecule has 0 aromatic rings. The molecule has 0 atom stereocenters. The number of hydrogen-bond donors (Lipinski definition) is 0. The first-order valence-electron chi connectivity index (χ1n) is 16.5. The molecule has 0 radical (unpaired) electrons. The van der Waals surface area contributed by atoms with E-state index in [0.717, 1.165) is 51.4 Å². The molecule has 228 valence electrons. The van der Waals surface area contributed by atoms with Gasteiger partial charge in [-0.2, -0.15) is 0 Å². The predicted octanol–water partition coefficient (Wildman–Crippen LogP) is 12.3. The van der Waals surface area contributed by atoms with Crippen LogP contribution in [0.3, 0.4) is 0 Å². The van der Waals surface area contributed by atoms with Crippen LogP contribution in [0.5, 0.6) is 0 Å². The fourth-order valence-electron chi connectivity index (χ4n) is 4.12. The molecule has 0 N–H and O–H groups in total. The normalized spacial score (nSPS) is 12.4. The molecular formula is C37H62O3. The van der Waals surface area contributed by atoms with Crippen molar-refractivity contribution in [3.63, 3.8) is 0 Å². The van der Waals surface area contributed by atoms with Crippen LogP contribution in [0.2, 0.25) is 0 Å². The molecule has 0 spiro atoms. The summed E-state index contributed by atoms with van der Waals surface area (Å²) in [6.07, 6.45) is 49.3. The van der Waals surface area contributed by atoms with Crippen LogP contribution in [0, 0.1) is 0 Å². The van der Waals surface area contributed by atoms with Crippen LogP contribution in [0.25, 0.3) is 0 Å². The summed E-state index contributed by atoms with van der Waals surface area (Å²) in [5, 5.41) is 0. The topological polar surface area (TPSA) is 35.5 Å². The summed E-state index contributed by atoms with van der Waals surface area (Å²) in [6, 6.07) is 0. The van der Waals surface area contributed by atoms with E-state index in [2.05, 4.69) is 86.8 Å². The van der Waals surface area contributed by atoms with E-state index in [1.165, 1.54) is 77.0 Å². The summed E-state index contributed by atoms with van der Waals surface area (Å²) in [5.74, 6) is 0. The lowest BCUT2D eigenvalue weighted by Crippen LogP contribution is -2.09. The van der Waals surface area contributed by atoms with Gasteiger partial charge in [0.1, 0.15) is 0 Å². The second kappa shape index (κ2) is 34.7. The van der Waals surface area contributed by atoms with Crippen molar-refractivity contribution >= 4 is 6.16 Å². The molecule has 0 saturated heterocycles. The van der Waals surface area contributed by atoms with Gasteiger partial charge in [0, 0.05) is 0 Å². The summed E-state index contributed by atoms with van der Waals surface area (Å²) in [4.78, 5) is 11.7. The molecule has 3 heteroatoms. The summed E-state index contributed by atoms with van der Waals surface area (Å²) in [5.41, 5.74) is 0. The van der Waals surface area contributed by atoms with Crippen molar-refractivity contribution in [1.29, 1.82) is 0 Å². The van der Waals surface area contributed by atoms with Crippen LogP contribution in [0.15, 0.2) is 72.9 Å². The fraction of sp³-hybridized carbons (Fsp3) is 0.649. The molecule has 0 heterocycles. The number of ether oxygens (including phenoxy) is 2. The highest BCUT2D eigenvalue weighted by Gasteiger charge is 2.03. The summed E-state index contributed by atoms with van der Waals surface area (Å²) >= 11 is 0. The van der Waals surface area contributed by atoms with Gasteiger partial charge in [0.15, 0.2) is 0 Å². The van der Waals surface area contributed by atoms with E-state index >= 15 is 0 Å². The van der Waals surface area contributed by atoms with Crippen molar-refractivity contribution in [3.8, 4) is 0 Å². The first kappa shape index (κ1) is 37.7. The molecule has 0 aliphatic carbocycles. The average Bonchev–Trinajstić information content (AvgIpc) is 2.96. The molecule has 40 heavy (non-hydrogen) atoms. The monoisotopic (exact) mass is 554 g/mol. The minimum absolute atomic E-state index is 0.474. The number of hydrogen-bond acceptors (Lipinski definition) is 3. The third kappa shape index (κ3) is 33.7. The first-order chi connectivity index (χ1) is 19.8. The van der Waals surface area contributed by atoms with E-state index in [4.69, 9.17) is 9.47 Å². The third-order valence-corrected chi connectivity index (χ3v) is 6.58. The van der Waals surface area contributed by atoms with E-state index < -0.39 is 6.16 Å². The van der Waals surface area contributed by atoms with Gasteiger partial charge < -0.3 is 9.47 Å². The van der Waals surface area contributed by atoms with Gasteiger partial charge in [-0.05, 0) is 64.2 Å². The molecule has 0 fully saturated rings. The van der Waals surface area contributed by atoms with Gasteiger partial charge >= 0.3 is 6.16 Å². The highest BCUT2D eigenvalue weighted by molar-refractivity contribution is 5.59. The van der Waals surface area contributed by atoms with Crippen molar-refractivity contribution < 1.29 is 14.3 Å². The zero-order chi connectivity index (χ0) is 29.0. The zero-order valence-corrected chi connectivity index (χ0v) is 26.2. The maximum atomic E-state index is 11.7. The van der Waals surface area contributed by atoms with Crippen LogP contribution >= 0.6 is 0 Å². The second-order valence-electron chi connectivity index (χ2n) is 10.4. The van der Waals surface area contributed by atoms with Crippen LogP contribution in [0.4, 0.5) is 4.79 Å². The van der Waals surface area contributed by atoms with Crippen LogP contribution < -0.4 is 0 Å². The van der Waals surface area contributed by atoms with Crippen molar-refractivity contribution in [1.82, 2.24) is 0 Å². The van der Waals surface area contributed by atoms with E-state index in [1.54, 1.807) is 0 Å². The van der Waals surface area contributed by atoms with E-state index in [9.17, 15) is 4.79 Å². The Morgan fingerprint density at radius 1 is 0.450 bits per heavy atom. The Labute approximate surface area is 248 Å². The lowest BCUT2D eigenvalue weighted by molar-refractivity contribution is 0.0529. The Kier molecular flexibility index (Phi) is 32.7. The second-order valence-corrected chi connectivity index (χ2v) is 10.4. The molecule has 0 aromatic carbocycles. The Morgan fingerprint density at radius 2 is 0.875 bits per heavy atom. The van der Waals surface area contributed by atoms with Crippen molar-refractivity contribution in [2.45, 2.75) is 142 Å². The number of carbonyl (C=O) groups is 1. The minimum atomic E-state index is -0.503. The quantitative estimate of drug-likeness (QED) is 0.0417. The Bertz CT molecular complexity index is 696.